The van der Waals surface area contributed by atoms with Crippen molar-refractivity contribution in [2.75, 3.05) is 5.32 Å². The molecule has 0 aliphatic heterocycles. The minimum Gasteiger partial charge on any atom is -0.467 e. The molecule has 0 aliphatic rings. The van der Waals surface area contributed by atoms with E-state index in [0.717, 1.165) is 5.56 Å². The molecule has 2 amide bonds. The first-order valence-corrected chi connectivity index (χ1v) is 7.90. The molecule has 1 heterocycles. The van der Waals surface area contributed by atoms with Gasteiger partial charge in [0.15, 0.2) is 0 Å². The molecule has 3 rings (SSSR count). The van der Waals surface area contributed by atoms with Crippen molar-refractivity contribution in [2.24, 2.45) is 0 Å². The minimum atomic E-state index is -0.263. The van der Waals surface area contributed by atoms with Gasteiger partial charge in [0.05, 0.1) is 12.8 Å². The Bertz CT molecular complexity index is 868. The standard InChI is InChI=1S/C20H18N2O3/c1-14-7-9-17(10-8-14)22-20(24)16-5-2-4-15(12-16)19(23)21-13-18-6-3-11-25-18/h2-12H,13H2,1H3,(H,21,23)(H,22,24). The third-order valence-electron chi connectivity index (χ3n) is 3.70. The Morgan fingerprint density at radius 2 is 1.64 bits per heavy atom. The highest BCUT2D eigenvalue weighted by Crippen LogP contribution is 2.12. The number of anilines is 1. The first-order chi connectivity index (χ1) is 12.1. The molecule has 0 fully saturated rings. The van der Waals surface area contributed by atoms with Crippen LogP contribution in [0.25, 0.3) is 0 Å². The summed E-state index contributed by atoms with van der Waals surface area (Å²) in [6.45, 7) is 2.28. The Hall–Kier alpha value is -3.34. The molecule has 25 heavy (non-hydrogen) atoms. The van der Waals surface area contributed by atoms with Gasteiger partial charge in [-0.15, -0.1) is 0 Å². The Kier molecular flexibility index (Phi) is 4.95. The summed E-state index contributed by atoms with van der Waals surface area (Å²) in [5.74, 6) is 0.146. The van der Waals surface area contributed by atoms with Gasteiger partial charge in [-0.3, -0.25) is 9.59 Å². The van der Waals surface area contributed by atoms with E-state index in [1.807, 2.05) is 31.2 Å². The van der Waals surface area contributed by atoms with Gasteiger partial charge in [0, 0.05) is 16.8 Å². The van der Waals surface area contributed by atoms with Gasteiger partial charge in [-0.1, -0.05) is 23.8 Å². The fraction of sp³-hybridized carbons (Fsp3) is 0.100. The number of aryl methyl sites for hydroxylation is 1. The molecule has 0 spiro atoms. The lowest BCUT2D eigenvalue weighted by atomic mass is 10.1. The van der Waals surface area contributed by atoms with E-state index in [9.17, 15) is 9.59 Å². The van der Waals surface area contributed by atoms with Crippen LogP contribution in [0, 0.1) is 6.92 Å². The van der Waals surface area contributed by atoms with Crippen molar-refractivity contribution in [1.29, 1.82) is 0 Å². The zero-order valence-corrected chi connectivity index (χ0v) is 13.8. The number of carbonyl (C=O) groups excluding carboxylic acids is 2. The third-order valence-corrected chi connectivity index (χ3v) is 3.70. The largest absolute Gasteiger partial charge is 0.467 e. The summed E-state index contributed by atoms with van der Waals surface area (Å²) in [4.78, 5) is 24.6. The van der Waals surface area contributed by atoms with E-state index in [-0.39, 0.29) is 11.8 Å². The van der Waals surface area contributed by atoms with E-state index in [4.69, 9.17) is 4.42 Å². The van der Waals surface area contributed by atoms with Crippen molar-refractivity contribution in [2.45, 2.75) is 13.5 Å². The van der Waals surface area contributed by atoms with Crippen LogP contribution in [0.15, 0.2) is 71.3 Å². The molecule has 0 saturated carbocycles. The Labute approximate surface area is 145 Å². The fourth-order valence-corrected chi connectivity index (χ4v) is 2.32. The predicted molar refractivity (Wildman–Crippen MR) is 95.5 cm³/mol. The number of furan rings is 1. The lowest BCUT2D eigenvalue weighted by Gasteiger charge is -2.08. The molecule has 0 atom stereocenters. The summed E-state index contributed by atoms with van der Waals surface area (Å²) in [6.07, 6.45) is 1.55. The molecular formula is C20H18N2O3. The van der Waals surface area contributed by atoms with Crippen LogP contribution in [0.4, 0.5) is 5.69 Å². The summed E-state index contributed by atoms with van der Waals surface area (Å²) < 4.78 is 5.18. The van der Waals surface area contributed by atoms with Crippen LogP contribution in [-0.2, 0) is 6.54 Å². The number of amides is 2. The second kappa shape index (κ2) is 7.49. The van der Waals surface area contributed by atoms with Gasteiger partial charge >= 0.3 is 0 Å². The zero-order chi connectivity index (χ0) is 17.6. The number of hydrogen-bond acceptors (Lipinski definition) is 3. The zero-order valence-electron chi connectivity index (χ0n) is 13.8. The first kappa shape index (κ1) is 16.5. The molecule has 0 unspecified atom stereocenters. The van der Waals surface area contributed by atoms with Gasteiger partial charge in [-0.05, 0) is 49.4 Å². The molecule has 126 valence electrons. The number of rotatable bonds is 5. The normalized spacial score (nSPS) is 10.3. The maximum atomic E-state index is 12.4. The van der Waals surface area contributed by atoms with E-state index in [2.05, 4.69) is 10.6 Å². The summed E-state index contributed by atoms with van der Waals surface area (Å²) in [5, 5.41) is 5.58. The van der Waals surface area contributed by atoms with Crippen molar-refractivity contribution in [3.8, 4) is 0 Å². The topological polar surface area (TPSA) is 71.3 Å². The maximum Gasteiger partial charge on any atom is 0.255 e. The Morgan fingerprint density at radius 3 is 2.32 bits per heavy atom. The second-order valence-electron chi connectivity index (χ2n) is 5.66. The molecule has 0 radical (unpaired) electrons. The Balaban J connectivity index is 1.66. The predicted octanol–water partition coefficient (Wildman–Crippen LogP) is 3.77. The van der Waals surface area contributed by atoms with E-state index >= 15 is 0 Å². The maximum absolute atomic E-state index is 12.4. The first-order valence-electron chi connectivity index (χ1n) is 7.90. The van der Waals surface area contributed by atoms with Gasteiger partial charge in [-0.2, -0.15) is 0 Å². The molecule has 5 nitrogen and oxygen atoms in total. The monoisotopic (exact) mass is 334 g/mol. The summed E-state index contributed by atoms with van der Waals surface area (Å²) in [5.41, 5.74) is 2.67. The van der Waals surface area contributed by atoms with Crippen molar-refractivity contribution in [3.63, 3.8) is 0 Å². The van der Waals surface area contributed by atoms with Crippen LogP contribution in [0.3, 0.4) is 0 Å². The average Bonchev–Trinajstić information content (AvgIpc) is 3.15. The highest BCUT2D eigenvalue weighted by Gasteiger charge is 2.11. The third kappa shape index (κ3) is 4.35. The van der Waals surface area contributed by atoms with Crippen molar-refractivity contribution >= 4 is 17.5 Å². The lowest BCUT2D eigenvalue weighted by Crippen LogP contribution is -2.23. The Morgan fingerprint density at radius 1 is 0.920 bits per heavy atom. The van der Waals surface area contributed by atoms with Gasteiger partial charge in [0.25, 0.3) is 11.8 Å². The molecule has 0 aliphatic carbocycles. The van der Waals surface area contributed by atoms with Crippen LogP contribution in [-0.4, -0.2) is 11.8 Å². The van der Waals surface area contributed by atoms with Gasteiger partial charge in [0.2, 0.25) is 0 Å². The summed E-state index contributed by atoms with van der Waals surface area (Å²) in [7, 11) is 0. The van der Waals surface area contributed by atoms with Crippen LogP contribution in [0.5, 0.6) is 0 Å². The fourth-order valence-electron chi connectivity index (χ4n) is 2.32. The smallest absolute Gasteiger partial charge is 0.255 e. The second-order valence-corrected chi connectivity index (χ2v) is 5.66. The average molecular weight is 334 g/mol. The highest BCUT2D eigenvalue weighted by atomic mass is 16.3. The molecule has 0 bridgehead atoms. The summed E-state index contributed by atoms with van der Waals surface area (Å²) >= 11 is 0. The van der Waals surface area contributed by atoms with Gasteiger partial charge in [-0.25, -0.2) is 0 Å². The summed E-state index contributed by atoms with van der Waals surface area (Å²) in [6, 6.07) is 17.7. The van der Waals surface area contributed by atoms with Gasteiger partial charge in [0.1, 0.15) is 5.76 Å². The van der Waals surface area contributed by atoms with Crippen molar-refractivity contribution in [3.05, 3.63) is 89.4 Å². The molecule has 0 saturated heterocycles. The van der Waals surface area contributed by atoms with Crippen molar-refractivity contribution < 1.29 is 14.0 Å². The molecule has 2 aromatic carbocycles. The van der Waals surface area contributed by atoms with Crippen molar-refractivity contribution in [1.82, 2.24) is 5.32 Å². The van der Waals surface area contributed by atoms with Crippen LogP contribution < -0.4 is 10.6 Å². The van der Waals surface area contributed by atoms with E-state index < -0.39 is 0 Å². The molecule has 5 heteroatoms. The lowest BCUT2D eigenvalue weighted by molar-refractivity contribution is 0.0948. The number of carbonyl (C=O) groups is 2. The number of nitrogens with one attached hydrogen (secondary N) is 2. The van der Waals surface area contributed by atoms with Crippen LogP contribution in [0.2, 0.25) is 0 Å². The minimum absolute atomic E-state index is 0.260. The van der Waals surface area contributed by atoms with Gasteiger partial charge < -0.3 is 15.1 Å². The quantitative estimate of drug-likeness (QED) is 0.746. The van der Waals surface area contributed by atoms with Crippen LogP contribution >= 0.6 is 0 Å². The van der Waals surface area contributed by atoms with E-state index in [1.165, 1.54) is 0 Å². The molecule has 2 N–H and O–H groups in total. The SMILES string of the molecule is Cc1ccc(NC(=O)c2cccc(C(=O)NCc3ccco3)c2)cc1. The molecule has 3 aromatic rings. The molecular weight excluding hydrogens is 316 g/mol. The number of benzene rings is 2. The van der Waals surface area contributed by atoms with E-state index in [0.29, 0.717) is 29.1 Å². The van der Waals surface area contributed by atoms with E-state index in [1.54, 1.807) is 42.7 Å². The highest BCUT2D eigenvalue weighted by molar-refractivity contribution is 6.06. The molecule has 1 aromatic heterocycles. The van der Waals surface area contributed by atoms with Crippen LogP contribution in [0.1, 0.15) is 32.0 Å². The number of hydrogen-bond donors (Lipinski definition) is 2.